The highest BCUT2D eigenvalue weighted by Gasteiger charge is 2.24. The highest BCUT2D eigenvalue weighted by molar-refractivity contribution is 7.80. The molecule has 0 aliphatic carbocycles. The average Bonchev–Trinajstić information content (AvgIpc) is 2.57. The van der Waals surface area contributed by atoms with Crippen molar-refractivity contribution in [3.63, 3.8) is 0 Å². The third-order valence-electron chi connectivity index (χ3n) is 3.28. The van der Waals surface area contributed by atoms with Crippen LogP contribution in [0, 0.1) is 26.7 Å². The number of nitrogens with zero attached hydrogens (tertiary/aromatic N) is 1. The van der Waals surface area contributed by atoms with Gasteiger partial charge in [0.1, 0.15) is 11.5 Å². The summed E-state index contributed by atoms with van der Waals surface area (Å²) in [7, 11) is 0. The highest BCUT2D eigenvalue weighted by atomic mass is 32.1. The van der Waals surface area contributed by atoms with Crippen LogP contribution >= 0.6 is 12.2 Å². The normalized spacial score (nSPS) is 10.9. The van der Waals surface area contributed by atoms with Crippen LogP contribution in [0.15, 0.2) is 4.42 Å². The monoisotopic (exact) mass is 296 g/mol. The maximum atomic E-state index is 12.7. The lowest BCUT2D eigenvalue weighted by molar-refractivity contribution is 0.0738. The zero-order valence-corrected chi connectivity index (χ0v) is 13.8. The Bertz CT molecular complexity index is 506. The quantitative estimate of drug-likeness (QED) is 0.820. The molecule has 20 heavy (non-hydrogen) atoms. The summed E-state index contributed by atoms with van der Waals surface area (Å²) in [5, 5.41) is 0. The van der Waals surface area contributed by atoms with Gasteiger partial charge in [0.2, 0.25) is 0 Å². The average molecular weight is 296 g/mol. The van der Waals surface area contributed by atoms with Gasteiger partial charge in [-0.2, -0.15) is 0 Å². The molecule has 112 valence electrons. The molecule has 0 aromatic carbocycles. The molecule has 0 aliphatic rings. The van der Waals surface area contributed by atoms with Gasteiger partial charge in [0, 0.05) is 25.1 Å². The smallest absolute Gasteiger partial charge is 0.257 e. The number of thiocarbonyl (C=S) groups is 1. The molecule has 0 unspecified atom stereocenters. The second-order valence-corrected chi connectivity index (χ2v) is 6.10. The van der Waals surface area contributed by atoms with Gasteiger partial charge < -0.3 is 15.1 Å². The minimum atomic E-state index is 0.00167. The number of rotatable bonds is 6. The van der Waals surface area contributed by atoms with Crippen molar-refractivity contribution in [2.45, 2.75) is 41.0 Å². The minimum absolute atomic E-state index is 0.00167. The third kappa shape index (κ3) is 4.07. The van der Waals surface area contributed by atoms with E-state index in [4.69, 9.17) is 22.4 Å². The molecule has 0 bridgehead atoms. The standard InChI is InChI=1S/C15H24N2O2S/c1-9(2)8-17(7-6-13(16)20)15(18)14-10(3)11(4)19-12(14)5/h9H,6-8H2,1-5H3,(H2,16,20). The first-order valence-corrected chi connectivity index (χ1v) is 7.29. The third-order valence-corrected chi connectivity index (χ3v) is 3.48. The predicted molar refractivity (Wildman–Crippen MR) is 85.1 cm³/mol. The minimum Gasteiger partial charge on any atom is -0.466 e. The van der Waals surface area contributed by atoms with Crippen molar-refractivity contribution in [3.8, 4) is 0 Å². The Labute approximate surface area is 126 Å². The van der Waals surface area contributed by atoms with Crippen molar-refractivity contribution >= 4 is 23.1 Å². The Hall–Kier alpha value is -1.36. The van der Waals surface area contributed by atoms with Crippen LogP contribution in [0.3, 0.4) is 0 Å². The fourth-order valence-corrected chi connectivity index (χ4v) is 2.32. The van der Waals surface area contributed by atoms with Crippen LogP contribution in [0.1, 0.15) is 47.7 Å². The van der Waals surface area contributed by atoms with Crippen molar-refractivity contribution in [3.05, 3.63) is 22.6 Å². The van der Waals surface area contributed by atoms with E-state index in [1.807, 2.05) is 25.7 Å². The Morgan fingerprint density at radius 3 is 2.30 bits per heavy atom. The number of hydrogen-bond acceptors (Lipinski definition) is 3. The second kappa shape index (κ2) is 6.88. The lowest BCUT2D eigenvalue weighted by Gasteiger charge is -2.24. The molecule has 1 aromatic rings. The Morgan fingerprint density at radius 1 is 1.30 bits per heavy atom. The Kier molecular flexibility index (Phi) is 5.74. The molecule has 1 heterocycles. The molecular formula is C15H24N2O2S. The molecule has 0 atom stereocenters. The van der Waals surface area contributed by atoms with E-state index in [9.17, 15) is 4.79 Å². The number of carbonyl (C=O) groups excluding carboxylic acids is 1. The number of carbonyl (C=O) groups is 1. The molecular weight excluding hydrogens is 272 g/mol. The van der Waals surface area contributed by atoms with Crippen LogP contribution in [0.4, 0.5) is 0 Å². The molecule has 0 saturated heterocycles. The fraction of sp³-hybridized carbons (Fsp3) is 0.600. The van der Waals surface area contributed by atoms with Gasteiger partial charge in [0.25, 0.3) is 5.91 Å². The molecule has 0 radical (unpaired) electrons. The molecule has 0 spiro atoms. The SMILES string of the molecule is Cc1oc(C)c(C(=O)N(CCC(N)=S)CC(C)C)c1C. The van der Waals surface area contributed by atoms with Gasteiger partial charge in [-0.05, 0) is 26.7 Å². The van der Waals surface area contributed by atoms with Crippen LogP contribution in [0.25, 0.3) is 0 Å². The summed E-state index contributed by atoms with van der Waals surface area (Å²) in [4.78, 5) is 15.0. The van der Waals surface area contributed by atoms with Crippen molar-refractivity contribution in [2.75, 3.05) is 13.1 Å². The van der Waals surface area contributed by atoms with Gasteiger partial charge in [-0.3, -0.25) is 4.79 Å². The van der Waals surface area contributed by atoms with Crippen LogP contribution in [0.2, 0.25) is 0 Å². The van der Waals surface area contributed by atoms with E-state index in [1.165, 1.54) is 0 Å². The number of aryl methyl sites for hydroxylation is 2. The molecule has 4 nitrogen and oxygen atoms in total. The molecule has 5 heteroatoms. The second-order valence-electron chi connectivity index (χ2n) is 5.58. The van der Waals surface area contributed by atoms with E-state index in [-0.39, 0.29) is 5.91 Å². The predicted octanol–water partition coefficient (Wildman–Crippen LogP) is 2.98. The van der Waals surface area contributed by atoms with Gasteiger partial charge in [-0.25, -0.2) is 0 Å². The first kappa shape index (κ1) is 16.7. The van der Waals surface area contributed by atoms with Gasteiger partial charge >= 0.3 is 0 Å². The first-order valence-electron chi connectivity index (χ1n) is 6.88. The number of furan rings is 1. The van der Waals surface area contributed by atoms with Crippen LogP contribution < -0.4 is 5.73 Å². The molecule has 2 N–H and O–H groups in total. The van der Waals surface area contributed by atoms with Crippen molar-refractivity contribution in [1.82, 2.24) is 4.90 Å². The lowest BCUT2D eigenvalue weighted by Crippen LogP contribution is -2.37. The van der Waals surface area contributed by atoms with Crippen LogP contribution in [0.5, 0.6) is 0 Å². The van der Waals surface area contributed by atoms with Gasteiger partial charge in [-0.15, -0.1) is 0 Å². The van der Waals surface area contributed by atoms with E-state index in [0.717, 1.165) is 11.3 Å². The first-order chi connectivity index (χ1) is 9.23. The fourth-order valence-electron chi connectivity index (χ4n) is 2.23. The molecule has 0 saturated carbocycles. The van der Waals surface area contributed by atoms with Gasteiger partial charge in [0.05, 0.1) is 10.6 Å². The number of amides is 1. The number of hydrogen-bond donors (Lipinski definition) is 1. The van der Waals surface area contributed by atoms with E-state index in [1.54, 1.807) is 0 Å². The molecule has 1 amide bonds. The summed E-state index contributed by atoms with van der Waals surface area (Å²) in [6, 6.07) is 0. The maximum absolute atomic E-state index is 12.7. The maximum Gasteiger partial charge on any atom is 0.257 e. The van der Waals surface area contributed by atoms with Crippen molar-refractivity contribution < 1.29 is 9.21 Å². The summed E-state index contributed by atoms with van der Waals surface area (Å²) in [5.41, 5.74) is 7.14. The highest BCUT2D eigenvalue weighted by Crippen LogP contribution is 2.22. The molecule has 1 aromatic heterocycles. The van der Waals surface area contributed by atoms with E-state index >= 15 is 0 Å². The summed E-state index contributed by atoms with van der Waals surface area (Å²) in [5.74, 6) is 1.86. The van der Waals surface area contributed by atoms with Crippen molar-refractivity contribution in [1.29, 1.82) is 0 Å². The largest absolute Gasteiger partial charge is 0.466 e. The van der Waals surface area contributed by atoms with Gasteiger partial charge in [0.15, 0.2) is 0 Å². The van der Waals surface area contributed by atoms with E-state index in [2.05, 4.69) is 13.8 Å². The van der Waals surface area contributed by atoms with Crippen LogP contribution in [-0.2, 0) is 0 Å². The van der Waals surface area contributed by atoms with Gasteiger partial charge in [-0.1, -0.05) is 26.1 Å². The summed E-state index contributed by atoms with van der Waals surface area (Å²) >= 11 is 4.91. The zero-order valence-electron chi connectivity index (χ0n) is 12.9. The van der Waals surface area contributed by atoms with E-state index < -0.39 is 0 Å². The van der Waals surface area contributed by atoms with E-state index in [0.29, 0.717) is 41.7 Å². The van der Waals surface area contributed by atoms with Crippen molar-refractivity contribution in [2.24, 2.45) is 11.7 Å². The van der Waals surface area contributed by atoms with Crippen LogP contribution in [-0.4, -0.2) is 28.9 Å². The molecule has 0 fully saturated rings. The Balaban J connectivity index is 2.99. The molecule has 0 aliphatic heterocycles. The molecule has 1 rings (SSSR count). The topological polar surface area (TPSA) is 59.5 Å². The zero-order chi connectivity index (χ0) is 15.4. The summed E-state index contributed by atoms with van der Waals surface area (Å²) in [6.45, 7) is 11.0. The number of nitrogens with two attached hydrogens (primary N) is 1. The summed E-state index contributed by atoms with van der Waals surface area (Å²) in [6.07, 6.45) is 0.544. The Morgan fingerprint density at radius 2 is 1.90 bits per heavy atom. The lowest BCUT2D eigenvalue weighted by atomic mass is 10.1. The summed E-state index contributed by atoms with van der Waals surface area (Å²) < 4.78 is 5.55.